The van der Waals surface area contributed by atoms with E-state index in [1.807, 2.05) is 6.07 Å². The summed E-state index contributed by atoms with van der Waals surface area (Å²) in [5.41, 5.74) is 0.794. The van der Waals surface area contributed by atoms with Gasteiger partial charge >= 0.3 is 0 Å². The molecule has 5 nitrogen and oxygen atoms in total. The Hall–Kier alpha value is -1.58. The number of nitrogens with zero attached hydrogens (tertiary/aromatic N) is 1. The predicted octanol–water partition coefficient (Wildman–Crippen LogP) is 0.946. The van der Waals surface area contributed by atoms with Gasteiger partial charge in [0.15, 0.2) is 0 Å². The van der Waals surface area contributed by atoms with Crippen molar-refractivity contribution in [2.24, 2.45) is 0 Å². The maximum atomic E-state index is 11.5. The maximum absolute atomic E-state index is 11.5. The minimum absolute atomic E-state index is 0.111. The van der Waals surface area contributed by atoms with Crippen molar-refractivity contribution in [3.63, 3.8) is 0 Å². The van der Waals surface area contributed by atoms with E-state index < -0.39 is 10.0 Å². The highest BCUT2D eigenvalue weighted by atomic mass is 32.2. The second-order valence-corrected chi connectivity index (χ2v) is 4.95. The van der Waals surface area contributed by atoms with Crippen LogP contribution in [0.25, 0.3) is 0 Å². The number of benzene rings is 1. The molecular formula is C10H12N2O3S. The van der Waals surface area contributed by atoms with Crippen LogP contribution in [0.1, 0.15) is 5.56 Å². The third-order valence-corrected chi connectivity index (χ3v) is 3.07. The smallest absolute Gasteiger partial charge is 0.234 e. The second-order valence-electron chi connectivity index (χ2n) is 3.11. The molecule has 0 bridgehead atoms. The van der Waals surface area contributed by atoms with Gasteiger partial charge in [-0.15, -0.1) is 0 Å². The molecule has 0 saturated carbocycles. The van der Waals surface area contributed by atoms with E-state index in [4.69, 9.17) is 5.26 Å². The first-order valence-corrected chi connectivity index (χ1v) is 6.22. The molecule has 0 aliphatic carbocycles. The standard InChI is InChI=1S/C10H12N2O3S/c1-15-5-6-16(13,14)12-10-4-2-3-9(7-10)8-11/h2-4,7,12H,5-6H2,1H3. The molecule has 6 heteroatoms. The molecule has 0 aromatic heterocycles. The van der Waals surface area contributed by atoms with Gasteiger partial charge in [0.2, 0.25) is 10.0 Å². The van der Waals surface area contributed by atoms with Gasteiger partial charge in [0.05, 0.1) is 24.0 Å². The minimum Gasteiger partial charge on any atom is -0.384 e. The van der Waals surface area contributed by atoms with Crippen LogP contribution in [0.2, 0.25) is 0 Å². The first-order chi connectivity index (χ1) is 7.57. The maximum Gasteiger partial charge on any atom is 0.234 e. The molecule has 16 heavy (non-hydrogen) atoms. The average molecular weight is 240 g/mol. The molecule has 0 aliphatic heterocycles. The van der Waals surface area contributed by atoms with Crippen molar-refractivity contribution in [2.75, 3.05) is 24.2 Å². The summed E-state index contributed by atoms with van der Waals surface area (Å²) in [6.45, 7) is 0.132. The molecule has 0 aliphatic rings. The molecule has 1 N–H and O–H groups in total. The van der Waals surface area contributed by atoms with Crippen molar-refractivity contribution in [2.45, 2.75) is 0 Å². The highest BCUT2D eigenvalue weighted by Gasteiger charge is 2.09. The molecular weight excluding hydrogens is 228 g/mol. The Bertz CT molecular complexity index is 491. The van der Waals surface area contributed by atoms with E-state index in [9.17, 15) is 8.42 Å². The van der Waals surface area contributed by atoms with Gasteiger partial charge in [0.25, 0.3) is 0 Å². The van der Waals surface area contributed by atoms with Crippen molar-refractivity contribution in [3.05, 3.63) is 29.8 Å². The van der Waals surface area contributed by atoms with E-state index in [1.165, 1.54) is 13.2 Å². The van der Waals surface area contributed by atoms with Crippen LogP contribution in [0.5, 0.6) is 0 Å². The molecule has 1 aromatic carbocycles. The number of anilines is 1. The fourth-order valence-electron chi connectivity index (χ4n) is 1.08. The number of hydrogen-bond donors (Lipinski definition) is 1. The van der Waals surface area contributed by atoms with Crippen LogP contribution in [-0.4, -0.2) is 27.9 Å². The van der Waals surface area contributed by atoms with E-state index in [-0.39, 0.29) is 12.4 Å². The van der Waals surface area contributed by atoms with Crippen LogP contribution in [0, 0.1) is 11.3 Å². The Morgan fingerprint density at radius 2 is 2.25 bits per heavy atom. The summed E-state index contributed by atoms with van der Waals surface area (Å²) in [7, 11) is -1.97. The van der Waals surface area contributed by atoms with Crippen LogP contribution in [-0.2, 0) is 14.8 Å². The van der Waals surface area contributed by atoms with Crippen molar-refractivity contribution >= 4 is 15.7 Å². The van der Waals surface area contributed by atoms with Gasteiger partial charge in [-0.2, -0.15) is 5.26 Å². The lowest BCUT2D eigenvalue weighted by Crippen LogP contribution is -2.19. The van der Waals surface area contributed by atoms with Gasteiger partial charge in [-0.05, 0) is 18.2 Å². The summed E-state index contributed by atoms with van der Waals surface area (Å²) >= 11 is 0. The molecule has 0 spiro atoms. The second kappa shape index (κ2) is 5.49. The topological polar surface area (TPSA) is 79.2 Å². The van der Waals surface area contributed by atoms with E-state index in [0.717, 1.165) is 0 Å². The molecule has 0 amide bonds. The molecule has 0 saturated heterocycles. The molecule has 1 aromatic rings. The Morgan fingerprint density at radius 3 is 2.88 bits per heavy atom. The molecule has 1 rings (SSSR count). The van der Waals surface area contributed by atoms with Crippen LogP contribution in [0.3, 0.4) is 0 Å². The number of rotatable bonds is 5. The Labute approximate surface area is 94.7 Å². The Kier molecular flexibility index (Phi) is 4.28. The molecule has 0 heterocycles. The first kappa shape index (κ1) is 12.5. The quantitative estimate of drug-likeness (QED) is 0.830. The van der Waals surface area contributed by atoms with Gasteiger partial charge in [-0.3, -0.25) is 4.72 Å². The lowest BCUT2D eigenvalue weighted by molar-refractivity contribution is 0.217. The number of hydrogen-bond acceptors (Lipinski definition) is 4. The van der Waals surface area contributed by atoms with Gasteiger partial charge in [0, 0.05) is 12.8 Å². The lowest BCUT2D eigenvalue weighted by atomic mass is 10.2. The van der Waals surface area contributed by atoms with Crippen molar-refractivity contribution in [1.82, 2.24) is 0 Å². The summed E-state index contributed by atoms with van der Waals surface area (Å²) in [6, 6.07) is 8.22. The van der Waals surface area contributed by atoms with Crippen LogP contribution in [0.15, 0.2) is 24.3 Å². The molecule has 0 radical (unpaired) electrons. The van der Waals surface area contributed by atoms with E-state index >= 15 is 0 Å². The van der Waals surface area contributed by atoms with Gasteiger partial charge in [0.1, 0.15) is 0 Å². The summed E-state index contributed by atoms with van der Waals surface area (Å²) in [5, 5.41) is 8.65. The monoisotopic (exact) mass is 240 g/mol. The van der Waals surface area contributed by atoms with Crippen molar-refractivity contribution < 1.29 is 13.2 Å². The highest BCUT2D eigenvalue weighted by molar-refractivity contribution is 7.92. The minimum atomic E-state index is -3.41. The SMILES string of the molecule is COCCS(=O)(=O)Nc1cccc(C#N)c1. The zero-order chi connectivity index (χ0) is 12.0. The third-order valence-electron chi connectivity index (χ3n) is 1.82. The van der Waals surface area contributed by atoms with E-state index in [1.54, 1.807) is 18.2 Å². The fourth-order valence-corrected chi connectivity index (χ4v) is 2.05. The fraction of sp³-hybridized carbons (Fsp3) is 0.300. The van der Waals surface area contributed by atoms with E-state index in [2.05, 4.69) is 9.46 Å². The number of sulfonamides is 1. The number of methoxy groups -OCH3 is 1. The lowest BCUT2D eigenvalue weighted by Gasteiger charge is -2.07. The van der Waals surface area contributed by atoms with Crippen molar-refractivity contribution in [1.29, 1.82) is 5.26 Å². The zero-order valence-corrected chi connectivity index (χ0v) is 9.62. The first-order valence-electron chi connectivity index (χ1n) is 4.57. The summed E-state index contributed by atoms with van der Waals surface area (Å²) in [6.07, 6.45) is 0. The highest BCUT2D eigenvalue weighted by Crippen LogP contribution is 2.11. The average Bonchev–Trinajstić information content (AvgIpc) is 2.26. The Balaban J connectivity index is 2.77. The van der Waals surface area contributed by atoms with E-state index in [0.29, 0.717) is 11.3 Å². The van der Waals surface area contributed by atoms with Crippen LogP contribution >= 0.6 is 0 Å². The Morgan fingerprint density at radius 1 is 1.50 bits per heavy atom. The van der Waals surface area contributed by atoms with Crippen LogP contribution in [0.4, 0.5) is 5.69 Å². The molecule has 0 atom stereocenters. The summed E-state index contributed by atoms with van der Waals surface area (Å²) in [4.78, 5) is 0. The molecule has 86 valence electrons. The summed E-state index contributed by atoms with van der Waals surface area (Å²) < 4.78 is 30.0. The van der Waals surface area contributed by atoms with Gasteiger partial charge in [-0.1, -0.05) is 6.07 Å². The third kappa shape index (κ3) is 3.88. The summed E-state index contributed by atoms with van der Waals surface area (Å²) in [5.74, 6) is -0.111. The van der Waals surface area contributed by atoms with Gasteiger partial charge < -0.3 is 4.74 Å². The number of ether oxygens (including phenoxy) is 1. The van der Waals surface area contributed by atoms with Crippen LogP contribution < -0.4 is 4.72 Å². The predicted molar refractivity (Wildman–Crippen MR) is 60.4 cm³/mol. The number of nitriles is 1. The van der Waals surface area contributed by atoms with Gasteiger partial charge in [-0.25, -0.2) is 8.42 Å². The molecule has 0 unspecified atom stereocenters. The van der Waals surface area contributed by atoms with Crippen molar-refractivity contribution in [3.8, 4) is 6.07 Å². The number of nitrogens with one attached hydrogen (secondary N) is 1. The normalized spacial score (nSPS) is 10.8. The zero-order valence-electron chi connectivity index (χ0n) is 8.80. The largest absolute Gasteiger partial charge is 0.384 e. The molecule has 0 fully saturated rings.